The molecule has 3 aliphatic heterocycles. The van der Waals surface area contributed by atoms with Crippen LogP contribution in [0.15, 0.2) is 40.7 Å². The first kappa shape index (κ1) is 35.2. The lowest BCUT2D eigenvalue weighted by atomic mass is 9.89. The summed E-state index contributed by atoms with van der Waals surface area (Å²) in [5, 5.41) is 14.9. The van der Waals surface area contributed by atoms with Crippen LogP contribution in [-0.2, 0) is 4.79 Å². The van der Waals surface area contributed by atoms with Gasteiger partial charge in [0, 0.05) is 37.3 Å². The van der Waals surface area contributed by atoms with Crippen LogP contribution in [0.1, 0.15) is 65.2 Å². The molecule has 0 aromatic heterocycles. The highest BCUT2D eigenvalue weighted by Crippen LogP contribution is 2.35. The van der Waals surface area contributed by atoms with Crippen molar-refractivity contribution in [3.8, 4) is 5.75 Å². The molecule has 47 heavy (non-hydrogen) atoms. The number of amides is 2. The van der Waals surface area contributed by atoms with Crippen molar-refractivity contribution in [1.29, 1.82) is 0 Å². The lowest BCUT2D eigenvalue weighted by Crippen LogP contribution is -2.47. The van der Waals surface area contributed by atoms with Crippen molar-refractivity contribution >= 4 is 47.3 Å². The standard InChI is InChI=1S/C33H37ClF4N4O4S/c1-20-16-23(28(43)41-11-7-31(3,45)8-12-41)17-21(2)24(20)6-15-47-42-13-9-32(10-14-42)30(44)39-27(40-32)22-4-5-26(25(34)18-22)46-19-33(37,38)29(35)36/h4-6,15-18,29,45H,7-14,19H2,1-3H3,(H,39,40,44)/b15-6+. The van der Waals surface area contributed by atoms with Gasteiger partial charge in [-0.05, 0) is 105 Å². The van der Waals surface area contributed by atoms with Crippen molar-refractivity contribution in [3.05, 3.63) is 68.6 Å². The third-order valence-corrected chi connectivity index (χ3v) is 10.1. The summed E-state index contributed by atoms with van der Waals surface area (Å²) < 4.78 is 58.3. The fourth-order valence-electron chi connectivity index (χ4n) is 5.88. The van der Waals surface area contributed by atoms with Gasteiger partial charge in [-0.25, -0.2) is 13.1 Å². The number of aryl methyl sites for hydroxylation is 2. The number of hydrogen-bond donors (Lipinski definition) is 2. The van der Waals surface area contributed by atoms with Crippen LogP contribution in [0.3, 0.4) is 0 Å². The Morgan fingerprint density at radius 2 is 1.77 bits per heavy atom. The molecular weight excluding hydrogens is 660 g/mol. The van der Waals surface area contributed by atoms with Crippen LogP contribution in [0.25, 0.3) is 6.08 Å². The molecule has 14 heteroatoms. The average Bonchev–Trinajstić information content (AvgIpc) is 3.33. The molecule has 1 spiro atoms. The molecule has 2 amide bonds. The first-order valence-electron chi connectivity index (χ1n) is 15.3. The second kappa shape index (κ2) is 13.8. The average molecular weight is 697 g/mol. The summed E-state index contributed by atoms with van der Waals surface area (Å²) in [5.74, 6) is -4.47. The summed E-state index contributed by atoms with van der Waals surface area (Å²) in [4.78, 5) is 32.6. The van der Waals surface area contributed by atoms with Gasteiger partial charge >= 0.3 is 12.3 Å². The number of nitrogens with zero attached hydrogens (tertiary/aromatic N) is 3. The monoisotopic (exact) mass is 696 g/mol. The number of halogens is 5. The number of likely N-dealkylation sites (tertiary alicyclic amines) is 1. The van der Waals surface area contributed by atoms with Gasteiger partial charge in [0.2, 0.25) is 0 Å². The van der Waals surface area contributed by atoms with Gasteiger partial charge in [0.05, 0.1) is 10.6 Å². The maximum Gasteiger partial charge on any atom is 0.340 e. The number of aliphatic hydroxyl groups is 1. The Labute approximate surface area is 280 Å². The van der Waals surface area contributed by atoms with E-state index in [1.807, 2.05) is 37.5 Å². The number of piperidine rings is 2. The Kier molecular flexibility index (Phi) is 10.3. The highest BCUT2D eigenvalue weighted by atomic mass is 35.5. The molecule has 0 unspecified atom stereocenters. The summed E-state index contributed by atoms with van der Waals surface area (Å²) in [6, 6.07) is 7.95. The van der Waals surface area contributed by atoms with Crippen molar-refractivity contribution in [2.24, 2.45) is 4.99 Å². The topological polar surface area (TPSA) is 94.5 Å². The third kappa shape index (κ3) is 7.96. The van der Waals surface area contributed by atoms with Gasteiger partial charge in [-0.15, -0.1) is 0 Å². The second-order valence-electron chi connectivity index (χ2n) is 12.6. The minimum atomic E-state index is -4.31. The van der Waals surface area contributed by atoms with E-state index >= 15 is 0 Å². The lowest BCUT2D eigenvalue weighted by Gasteiger charge is -2.36. The molecule has 5 rings (SSSR count). The van der Waals surface area contributed by atoms with Crippen molar-refractivity contribution in [1.82, 2.24) is 14.5 Å². The number of alkyl halides is 4. The predicted octanol–water partition coefficient (Wildman–Crippen LogP) is 6.25. The Morgan fingerprint density at radius 1 is 1.13 bits per heavy atom. The molecular formula is C33H37ClF4N4O4S. The molecule has 0 aliphatic carbocycles. The Morgan fingerprint density at radius 3 is 2.36 bits per heavy atom. The summed E-state index contributed by atoms with van der Waals surface area (Å²) in [5.41, 5.74) is 2.42. The molecule has 2 aromatic carbocycles. The minimum Gasteiger partial charge on any atom is -0.486 e. The molecule has 0 saturated carbocycles. The van der Waals surface area contributed by atoms with E-state index in [1.165, 1.54) is 30.1 Å². The summed E-state index contributed by atoms with van der Waals surface area (Å²) in [6.07, 6.45) is 0.229. The molecule has 2 fully saturated rings. The molecule has 2 saturated heterocycles. The molecule has 2 N–H and O–H groups in total. The van der Waals surface area contributed by atoms with Crippen LogP contribution in [0.2, 0.25) is 5.02 Å². The number of benzene rings is 2. The van der Waals surface area contributed by atoms with E-state index in [9.17, 15) is 32.3 Å². The van der Waals surface area contributed by atoms with Gasteiger partial charge in [0.25, 0.3) is 11.8 Å². The van der Waals surface area contributed by atoms with Crippen molar-refractivity contribution < 1.29 is 37.0 Å². The number of aliphatic imine (C=N–C) groups is 1. The number of nitrogens with one attached hydrogen (secondary N) is 1. The van der Waals surface area contributed by atoms with Gasteiger partial charge in [-0.1, -0.05) is 23.5 Å². The van der Waals surface area contributed by atoms with E-state index in [4.69, 9.17) is 21.3 Å². The van der Waals surface area contributed by atoms with Crippen molar-refractivity contribution in [2.75, 3.05) is 32.8 Å². The Balaban J connectivity index is 1.16. The van der Waals surface area contributed by atoms with Crippen LogP contribution < -0.4 is 10.1 Å². The van der Waals surface area contributed by atoms with Crippen LogP contribution in [0.5, 0.6) is 5.75 Å². The van der Waals surface area contributed by atoms with Gasteiger partial charge in [-0.2, -0.15) is 8.78 Å². The van der Waals surface area contributed by atoms with E-state index in [0.29, 0.717) is 68.8 Å². The van der Waals surface area contributed by atoms with Gasteiger partial charge < -0.3 is 20.1 Å². The number of ether oxygens (including phenoxy) is 1. The Hall–Kier alpha value is -3.13. The van der Waals surface area contributed by atoms with Gasteiger partial charge in [-0.3, -0.25) is 14.6 Å². The highest BCUT2D eigenvalue weighted by molar-refractivity contribution is 8.00. The number of amidine groups is 1. The highest BCUT2D eigenvalue weighted by Gasteiger charge is 2.46. The van der Waals surface area contributed by atoms with E-state index < -0.39 is 30.1 Å². The van der Waals surface area contributed by atoms with Crippen LogP contribution >= 0.6 is 23.5 Å². The third-order valence-electron chi connectivity index (χ3n) is 8.89. The fourth-order valence-corrected chi connectivity index (χ4v) is 6.87. The second-order valence-corrected chi connectivity index (χ2v) is 14.0. The normalized spacial score (nSPS) is 19.8. The SMILES string of the molecule is Cc1cc(C(=O)N2CCC(C)(O)CC2)cc(C)c1/C=C/SN1CCC2(CC1)N=C(c1ccc(OCC(F)(F)C(F)F)c(Cl)c1)NC2=O. The summed E-state index contributed by atoms with van der Waals surface area (Å²) >= 11 is 7.69. The first-order valence-corrected chi connectivity index (χ1v) is 16.5. The maximum absolute atomic E-state index is 13.2. The van der Waals surface area contributed by atoms with E-state index in [-0.39, 0.29) is 22.6 Å². The van der Waals surface area contributed by atoms with E-state index in [0.717, 1.165) is 16.7 Å². The maximum atomic E-state index is 13.2. The summed E-state index contributed by atoms with van der Waals surface area (Å²) in [7, 11) is 0. The number of rotatable bonds is 9. The van der Waals surface area contributed by atoms with Crippen LogP contribution in [0.4, 0.5) is 17.6 Å². The molecule has 254 valence electrons. The van der Waals surface area contributed by atoms with E-state index in [1.54, 1.807) is 11.8 Å². The molecule has 8 nitrogen and oxygen atoms in total. The smallest absolute Gasteiger partial charge is 0.340 e. The minimum absolute atomic E-state index is 0.0234. The van der Waals surface area contributed by atoms with Gasteiger partial charge in [0.1, 0.15) is 17.1 Å². The van der Waals surface area contributed by atoms with Gasteiger partial charge in [0.15, 0.2) is 6.61 Å². The van der Waals surface area contributed by atoms with Crippen LogP contribution in [0, 0.1) is 13.8 Å². The molecule has 3 heterocycles. The molecule has 0 bridgehead atoms. The summed E-state index contributed by atoms with van der Waals surface area (Å²) in [6.45, 7) is 6.50. The van der Waals surface area contributed by atoms with E-state index in [2.05, 4.69) is 9.62 Å². The molecule has 0 atom stereocenters. The van der Waals surface area contributed by atoms with Crippen LogP contribution in [-0.4, -0.2) is 88.2 Å². The zero-order valence-corrected chi connectivity index (χ0v) is 27.9. The zero-order valence-electron chi connectivity index (χ0n) is 26.3. The number of carbonyl (C=O) groups is 2. The first-order chi connectivity index (χ1) is 22.1. The molecule has 3 aliphatic rings. The van der Waals surface area contributed by atoms with Crippen molar-refractivity contribution in [2.45, 2.75) is 69.9 Å². The molecule has 0 radical (unpaired) electrons. The quantitative estimate of drug-likeness (QED) is 0.238. The molecule has 2 aromatic rings. The Bertz CT molecular complexity index is 1560. The predicted molar refractivity (Wildman–Crippen MR) is 174 cm³/mol. The largest absolute Gasteiger partial charge is 0.486 e. The number of carbonyl (C=O) groups excluding carboxylic acids is 2. The fraction of sp³-hybridized carbons (Fsp3) is 0.485. The zero-order chi connectivity index (χ0) is 34.1. The van der Waals surface area contributed by atoms with Crippen molar-refractivity contribution in [3.63, 3.8) is 0 Å². The lowest BCUT2D eigenvalue weighted by molar-refractivity contribution is -0.148. The number of hydrogen-bond acceptors (Lipinski definition) is 7.